The van der Waals surface area contributed by atoms with Gasteiger partial charge < -0.3 is 14.8 Å². The van der Waals surface area contributed by atoms with E-state index in [0.29, 0.717) is 11.7 Å². The van der Waals surface area contributed by atoms with Crippen LogP contribution in [0.25, 0.3) is 32.2 Å². The van der Waals surface area contributed by atoms with Gasteiger partial charge in [-0.05, 0) is 48.7 Å². The summed E-state index contributed by atoms with van der Waals surface area (Å²) in [7, 11) is 3.50. The van der Waals surface area contributed by atoms with Crippen LogP contribution < -0.4 is 14.8 Å². The Balaban J connectivity index is 1.49. The zero-order valence-corrected chi connectivity index (χ0v) is 18.4. The summed E-state index contributed by atoms with van der Waals surface area (Å²) >= 11 is 1.61. The summed E-state index contributed by atoms with van der Waals surface area (Å²) in [6, 6.07) is 10.1. The highest BCUT2D eigenvalue weighted by Crippen LogP contribution is 2.40. The number of methoxy groups -OCH3 is 1. The molecule has 0 saturated heterocycles. The lowest BCUT2D eigenvalue weighted by atomic mass is 10.1. The van der Waals surface area contributed by atoms with Crippen molar-refractivity contribution in [3.63, 3.8) is 0 Å². The van der Waals surface area contributed by atoms with E-state index in [1.165, 1.54) is 0 Å². The fourth-order valence-electron chi connectivity index (χ4n) is 3.75. The van der Waals surface area contributed by atoms with Crippen LogP contribution in [0.5, 0.6) is 11.6 Å². The Kier molecular flexibility index (Phi) is 4.43. The zero-order chi connectivity index (χ0) is 21.7. The molecule has 2 aromatic carbocycles. The van der Waals surface area contributed by atoms with Gasteiger partial charge >= 0.3 is 0 Å². The summed E-state index contributed by atoms with van der Waals surface area (Å²) in [5.41, 5.74) is 6.40. The SMILES string of the molecule is COc1nn(C)cc1-c1cc(OC2CC2)c2c(Nc3ccc4ncsc4c3)ncnc2c1. The number of ether oxygens (including phenoxy) is 2. The van der Waals surface area contributed by atoms with Crippen molar-refractivity contribution < 1.29 is 9.47 Å². The largest absolute Gasteiger partial charge is 0.490 e. The molecule has 6 rings (SSSR count). The molecule has 0 atom stereocenters. The van der Waals surface area contributed by atoms with E-state index in [1.807, 2.05) is 43.0 Å². The van der Waals surface area contributed by atoms with Crippen LogP contribution >= 0.6 is 11.3 Å². The third kappa shape index (κ3) is 3.40. The molecular weight excluding hydrogens is 424 g/mol. The molecule has 0 bridgehead atoms. The van der Waals surface area contributed by atoms with Crippen LogP contribution in [0.4, 0.5) is 11.5 Å². The van der Waals surface area contributed by atoms with E-state index >= 15 is 0 Å². The van der Waals surface area contributed by atoms with Gasteiger partial charge in [0.25, 0.3) is 0 Å². The predicted molar refractivity (Wildman–Crippen MR) is 125 cm³/mol. The van der Waals surface area contributed by atoms with Crippen molar-refractivity contribution in [1.82, 2.24) is 24.7 Å². The van der Waals surface area contributed by atoms with Gasteiger partial charge in [0.2, 0.25) is 5.88 Å². The van der Waals surface area contributed by atoms with Crippen molar-refractivity contribution in [2.24, 2.45) is 7.05 Å². The first kappa shape index (κ1) is 19.0. The number of nitrogens with one attached hydrogen (secondary N) is 1. The van der Waals surface area contributed by atoms with Gasteiger partial charge in [0, 0.05) is 18.9 Å². The number of anilines is 2. The van der Waals surface area contributed by atoms with Crippen molar-refractivity contribution in [3.05, 3.63) is 48.4 Å². The minimum Gasteiger partial charge on any atom is -0.490 e. The Morgan fingerprint density at radius 3 is 2.84 bits per heavy atom. The third-order valence-electron chi connectivity index (χ3n) is 5.41. The molecule has 1 saturated carbocycles. The van der Waals surface area contributed by atoms with E-state index in [1.54, 1.807) is 29.5 Å². The van der Waals surface area contributed by atoms with Crippen LogP contribution in [0.15, 0.2) is 48.4 Å². The van der Waals surface area contributed by atoms with Gasteiger partial charge in [0.15, 0.2) is 0 Å². The van der Waals surface area contributed by atoms with E-state index < -0.39 is 0 Å². The van der Waals surface area contributed by atoms with E-state index in [-0.39, 0.29) is 6.10 Å². The van der Waals surface area contributed by atoms with E-state index in [9.17, 15) is 0 Å². The van der Waals surface area contributed by atoms with Crippen LogP contribution in [-0.2, 0) is 7.05 Å². The Labute approximate surface area is 187 Å². The summed E-state index contributed by atoms with van der Waals surface area (Å²) in [6.45, 7) is 0. The van der Waals surface area contributed by atoms with Crippen LogP contribution in [0.3, 0.4) is 0 Å². The third-order valence-corrected chi connectivity index (χ3v) is 6.20. The molecule has 3 heterocycles. The molecule has 5 aromatic rings. The van der Waals surface area contributed by atoms with Gasteiger partial charge in [-0.3, -0.25) is 4.68 Å². The normalized spacial score (nSPS) is 13.6. The molecule has 1 N–H and O–H groups in total. The second kappa shape index (κ2) is 7.45. The standard InChI is InChI=1S/C23H20N6O2S/c1-29-10-16(23(28-29)30-2)13-7-18-21(19(8-13)31-15-4-5-15)22(25-11-24-18)27-14-3-6-17-20(9-14)32-12-26-17/h3,6-12,15H,4-5H2,1-2H3,(H,24,25,27). The predicted octanol–water partition coefficient (Wildman–Crippen LogP) is 4.93. The minimum absolute atomic E-state index is 0.228. The molecule has 0 aliphatic heterocycles. The summed E-state index contributed by atoms with van der Waals surface area (Å²) < 4.78 is 14.7. The lowest BCUT2D eigenvalue weighted by Crippen LogP contribution is -2.02. The van der Waals surface area contributed by atoms with Gasteiger partial charge in [-0.2, -0.15) is 0 Å². The number of aryl methyl sites for hydroxylation is 1. The molecule has 8 nitrogen and oxygen atoms in total. The second-order valence-electron chi connectivity index (χ2n) is 7.79. The Morgan fingerprint density at radius 1 is 1.09 bits per heavy atom. The number of nitrogens with zero attached hydrogens (tertiary/aromatic N) is 5. The molecular formula is C23H20N6O2S. The fraction of sp³-hybridized carbons (Fsp3) is 0.217. The molecule has 160 valence electrons. The highest BCUT2D eigenvalue weighted by Gasteiger charge is 2.26. The number of hydrogen-bond acceptors (Lipinski definition) is 8. The van der Waals surface area contributed by atoms with Crippen molar-refractivity contribution >= 4 is 44.0 Å². The van der Waals surface area contributed by atoms with E-state index in [0.717, 1.165) is 56.5 Å². The van der Waals surface area contributed by atoms with Gasteiger partial charge in [0.1, 0.15) is 17.9 Å². The first-order valence-electron chi connectivity index (χ1n) is 10.3. The van der Waals surface area contributed by atoms with Crippen molar-refractivity contribution in [2.75, 3.05) is 12.4 Å². The molecule has 32 heavy (non-hydrogen) atoms. The number of rotatable bonds is 6. The van der Waals surface area contributed by atoms with Crippen LogP contribution in [-0.4, -0.2) is 37.9 Å². The maximum Gasteiger partial charge on any atom is 0.240 e. The maximum atomic E-state index is 6.32. The Hall–Kier alpha value is -3.72. The van der Waals surface area contributed by atoms with E-state index in [4.69, 9.17) is 9.47 Å². The van der Waals surface area contributed by atoms with Gasteiger partial charge in [-0.1, -0.05) is 0 Å². The summed E-state index contributed by atoms with van der Waals surface area (Å²) in [5, 5.41) is 8.70. The average molecular weight is 445 g/mol. The topological polar surface area (TPSA) is 87.0 Å². The smallest absolute Gasteiger partial charge is 0.240 e. The lowest BCUT2D eigenvalue weighted by molar-refractivity contribution is 0.307. The fourth-order valence-corrected chi connectivity index (χ4v) is 4.47. The molecule has 0 radical (unpaired) electrons. The van der Waals surface area contributed by atoms with Crippen LogP contribution in [0.1, 0.15) is 12.8 Å². The van der Waals surface area contributed by atoms with Crippen molar-refractivity contribution in [2.45, 2.75) is 18.9 Å². The summed E-state index contributed by atoms with van der Waals surface area (Å²) in [5.74, 6) is 2.03. The molecule has 9 heteroatoms. The zero-order valence-electron chi connectivity index (χ0n) is 17.6. The van der Waals surface area contributed by atoms with Gasteiger partial charge in [-0.25, -0.2) is 15.0 Å². The highest BCUT2D eigenvalue weighted by molar-refractivity contribution is 7.16. The average Bonchev–Trinajstić information content (AvgIpc) is 3.34. The summed E-state index contributed by atoms with van der Waals surface area (Å²) in [6.07, 6.45) is 5.85. The molecule has 1 fully saturated rings. The van der Waals surface area contributed by atoms with Gasteiger partial charge in [0.05, 0.1) is 45.4 Å². The monoisotopic (exact) mass is 444 g/mol. The maximum absolute atomic E-state index is 6.32. The molecule has 0 spiro atoms. The highest BCUT2D eigenvalue weighted by atomic mass is 32.1. The first-order chi connectivity index (χ1) is 15.7. The number of fused-ring (bicyclic) bond motifs is 2. The van der Waals surface area contributed by atoms with Crippen molar-refractivity contribution in [1.29, 1.82) is 0 Å². The number of benzene rings is 2. The van der Waals surface area contributed by atoms with E-state index in [2.05, 4.69) is 31.4 Å². The van der Waals surface area contributed by atoms with Crippen LogP contribution in [0, 0.1) is 0 Å². The van der Waals surface area contributed by atoms with Crippen molar-refractivity contribution in [3.8, 4) is 22.8 Å². The molecule has 1 aliphatic rings. The molecule has 3 aromatic heterocycles. The lowest BCUT2D eigenvalue weighted by Gasteiger charge is -2.14. The quantitative estimate of drug-likeness (QED) is 0.397. The van der Waals surface area contributed by atoms with Gasteiger partial charge in [-0.15, -0.1) is 16.4 Å². The number of thiazole rings is 1. The number of aromatic nitrogens is 5. The Morgan fingerprint density at radius 2 is 2.00 bits per heavy atom. The van der Waals surface area contributed by atoms with Crippen LogP contribution in [0.2, 0.25) is 0 Å². The molecule has 0 unspecified atom stereocenters. The first-order valence-corrected chi connectivity index (χ1v) is 11.2. The molecule has 1 aliphatic carbocycles. The molecule has 0 amide bonds. The second-order valence-corrected chi connectivity index (χ2v) is 8.68. The minimum atomic E-state index is 0.228. The Bertz CT molecular complexity index is 1460. The number of hydrogen-bond donors (Lipinski definition) is 1. The summed E-state index contributed by atoms with van der Waals surface area (Å²) in [4.78, 5) is 13.5.